The fourth-order valence-electron chi connectivity index (χ4n) is 4.04. The standard InChI is InChI=1S/C28H31NO4/c1-3-19-8-7-10-21(12-19)25-14-20(13-23-15-24(17-29)33-28(23)25)18-32-26-11-6-5-9-22(26)16-27(30)31-4-2/h5-15,27,30H,3-4,16-18,29H2,1-2H3. The number of aryl methyl sites for hydroxylation is 1. The molecule has 0 fully saturated rings. The minimum Gasteiger partial charge on any atom is -0.489 e. The largest absolute Gasteiger partial charge is 0.489 e. The zero-order chi connectivity index (χ0) is 23.2. The predicted molar refractivity (Wildman–Crippen MR) is 131 cm³/mol. The molecule has 0 saturated carbocycles. The lowest BCUT2D eigenvalue weighted by Gasteiger charge is -2.15. The highest BCUT2D eigenvalue weighted by atomic mass is 16.6. The second-order valence-electron chi connectivity index (χ2n) is 8.04. The number of rotatable bonds is 10. The lowest BCUT2D eigenvalue weighted by atomic mass is 9.98. The SMILES string of the molecule is CCOC(O)Cc1ccccc1OCc1cc(-c2cccc(CC)c2)c2oc(CN)cc2c1. The van der Waals surface area contributed by atoms with Crippen LogP contribution in [0.5, 0.6) is 5.75 Å². The molecule has 0 aliphatic rings. The number of fused-ring (bicyclic) bond motifs is 1. The molecular weight excluding hydrogens is 414 g/mol. The van der Waals surface area contributed by atoms with Crippen molar-refractivity contribution in [1.82, 2.24) is 0 Å². The molecule has 5 heteroatoms. The molecule has 0 spiro atoms. The third kappa shape index (κ3) is 5.45. The van der Waals surface area contributed by atoms with Crippen molar-refractivity contribution >= 4 is 11.0 Å². The molecule has 3 N–H and O–H groups in total. The van der Waals surface area contributed by atoms with Gasteiger partial charge in [-0.25, -0.2) is 0 Å². The van der Waals surface area contributed by atoms with Gasteiger partial charge in [-0.2, -0.15) is 0 Å². The molecular formula is C28H31NO4. The summed E-state index contributed by atoms with van der Waals surface area (Å²) in [6.07, 6.45) is 0.491. The summed E-state index contributed by atoms with van der Waals surface area (Å²) in [6, 6.07) is 22.5. The van der Waals surface area contributed by atoms with Crippen molar-refractivity contribution in [3.8, 4) is 16.9 Å². The van der Waals surface area contributed by atoms with E-state index < -0.39 is 6.29 Å². The molecule has 3 aromatic carbocycles. The third-order valence-electron chi connectivity index (χ3n) is 5.70. The zero-order valence-electron chi connectivity index (χ0n) is 19.2. The molecule has 172 valence electrons. The maximum Gasteiger partial charge on any atom is 0.158 e. The summed E-state index contributed by atoms with van der Waals surface area (Å²) in [7, 11) is 0. The van der Waals surface area contributed by atoms with Gasteiger partial charge in [0.05, 0.1) is 6.54 Å². The van der Waals surface area contributed by atoms with Gasteiger partial charge in [-0.3, -0.25) is 0 Å². The number of aliphatic hydroxyl groups excluding tert-OH is 1. The Kier molecular flexibility index (Phi) is 7.45. The summed E-state index contributed by atoms with van der Waals surface area (Å²) in [5.41, 5.74) is 12.0. The fraction of sp³-hybridized carbons (Fsp3) is 0.286. The highest BCUT2D eigenvalue weighted by Crippen LogP contribution is 2.34. The van der Waals surface area contributed by atoms with Crippen molar-refractivity contribution in [2.75, 3.05) is 6.61 Å². The third-order valence-corrected chi connectivity index (χ3v) is 5.70. The summed E-state index contributed by atoms with van der Waals surface area (Å²) < 4.78 is 17.6. The first-order valence-corrected chi connectivity index (χ1v) is 11.5. The number of para-hydroxylation sites is 1. The van der Waals surface area contributed by atoms with E-state index in [0.717, 1.165) is 51.2 Å². The highest BCUT2D eigenvalue weighted by Gasteiger charge is 2.14. The quantitative estimate of drug-likeness (QED) is 0.311. The Balaban J connectivity index is 1.65. The topological polar surface area (TPSA) is 77.8 Å². The Bertz CT molecular complexity index is 1210. The molecule has 1 aromatic heterocycles. The second-order valence-corrected chi connectivity index (χ2v) is 8.04. The molecule has 0 amide bonds. The van der Waals surface area contributed by atoms with E-state index in [0.29, 0.717) is 26.2 Å². The summed E-state index contributed by atoms with van der Waals surface area (Å²) in [4.78, 5) is 0. The first-order chi connectivity index (χ1) is 16.1. The van der Waals surface area contributed by atoms with Crippen molar-refractivity contribution in [2.45, 2.75) is 46.1 Å². The second kappa shape index (κ2) is 10.7. The van der Waals surface area contributed by atoms with E-state index in [9.17, 15) is 5.11 Å². The van der Waals surface area contributed by atoms with E-state index in [-0.39, 0.29) is 0 Å². The van der Waals surface area contributed by atoms with Crippen LogP contribution in [0.15, 0.2) is 71.1 Å². The Morgan fingerprint density at radius 1 is 0.970 bits per heavy atom. The minimum absolute atomic E-state index is 0.352. The average Bonchev–Trinajstić information content (AvgIpc) is 3.26. The van der Waals surface area contributed by atoms with Crippen LogP contribution in [0.25, 0.3) is 22.1 Å². The normalized spacial score (nSPS) is 12.2. The molecule has 0 radical (unpaired) electrons. The van der Waals surface area contributed by atoms with E-state index in [2.05, 4.69) is 43.3 Å². The van der Waals surface area contributed by atoms with Crippen LogP contribution in [0.2, 0.25) is 0 Å². The van der Waals surface area contributed by atoms with Gasteiger partial charge >= 0.3 is 0 Å². The van der Waals surface area contributed by atoms with Crippen LogP contribution in [0, 0.1) is 0 Å². The molecule has 1 atom stereocenters. The van der Waals surface area contributed by atoms with Crippen molar-refractivity contribution in [1.29, 1.82) is 0 Å². The van der Waals surface area contributed by atoms with Crippen LogP contribution in [0.3, 0.4) is 0 Å². The number of hydrogen-bond donors (Lipinski definition) is 2. The van der Waals surface area contributed by atoms with E-state index in [4.69, 9.17) is 19.6 Å². The molecule has 5 nitrogen and oxygen atoms in total. The van der Waals surface area contributed by atoms with Crippen LogP contribution in [0.4, 0.5) is 0 Å². The molecule has 1 heterocycles. The molecule has 4 aromatic rings. The Labute approximate surface area is 194 Å². The van der Waals surface area contributed by atoms with Crippen LogP contribution in [0.1, 0.15) is 36.3 Å². The molecule has 0 aliphatic carbocycles. The van der Waals surface area contributed by atoms with Gasteiger partial charge in [0.25, 0.3) is 0 Å². The first-order valence-electron chi connectivity index (χ1n) is 11.5. The monoisotopic (exact) mass is 445 g/mol. The maximum atomic E-state index is 10.1. The summed E-state index contributed by atoms with van der Waals surface area (Å²) in [6.45, 7) is 5.22. The Hall–Kier alpha value is -3.12. The molecule has 1 unspecified atom stereocenters. The van der Waals surface area contributed by atoms with Gasteiger partial charge in [0.1, 0.15) is 23.7 Å². The van der Waals surface area contributed by atoms with Crippen LogP contribution >= 0.6 is 0 Å². The number of aliphatic hydroxyl groups is 1. The van der Waals surface area contributed by atoms with Crippen molar-refractivity contribution in [3.63, 3.8) is 0 Å². The molecule has 0 bridgehead atoms. The van der Waals surface area contributed by atoms with E-state index in [1.165, 1.54) is 5.56 Å². The zero-order valence-corrected chi connectivity index (χ0v) is 19.2. The fourth-order valence-corrected chi connectivity index (χ4v) is 4.04. The van der Waals surface area contributed by atoms with Crippen molar-refractivity contribution in [2.24, 2.45) is 5.73 Å². The van der Waals surface area contributed by atoms with E-state index in [1.54, 1.807) is 0 Å². The lowest BCUT2D eigenvalue weighted by Crippen LogP contribution is -2.15. The smallest absolute Gasteiger partial charge is 0.158 e. The summed E-state index contributed by atoms with van der Waals surface area (Å²) >= 11 is 0. The maximum absolute atomic E-state index is 10.1. The minimum atomic E-state index is -0.853. The predicted octanol–water partition coefficient (Wildman–Crippen LogP) is 5.60. The number of hydrogen-bond acceptors (Lipinski definition) is 5. The van der Waals surface area contributed by atoms with Crippen LogP contribution in [-0.2, 0) is 30.7 Å². The number of ether oxygens (including phenoxy) is 2. The highest BCUT2D eigenvalue weighted by molar-refractivity contribution is 5.93. The van der Waals surface area contributed by atoms with Gasteiger partial charge in [-0.1, -0.05) is 49.4 Å². The van der Waals surface area contributed by atoms with Gasteiger partial charge in [-0.05, 0) is 59.9 Å². The Morgan fingerprint density at radius 2 is 1.82 bits per heavy atom. The average molecular weight is 446 g/mol. The molecule has 0 aliphatic heterocycles. The van der Waals surface area contributed by atoms with Gasteiger partial charge in [-0.15, -0.1) is 0 Å². The summed E-state index contributed by atoms with van der Waals surface area (Å²) in [5, 5.41) is 11.1. The van der Waals surface area contributed by atoms with E-state index >= 15 is 0 Å². The molecule has 0 saturated heterocycles. The number of benzene rings is 3. The van der Waals surface area contributed by atoms with Crippen LogP contribution < -0.4 is 10.5 Å². The van der Waals surface area contributed by atoms with Crippen molar-refractivity contribution in [3.05, 3.63) is 89.2 Å². The number of furan rings is 1. The Morgan fingerprint density at radius 3 is 2.61 bits per heavy atom. The van der Waals surface area contributed by atoms with Gasteiger partial charge < -0.3 is 24.7 Å². The lowest BCUT2D eigenvalue weighted by molar-refractivity contribution is -0.0930. The first kappa shape index (κ1) is 23.1. The van der Waals surface area contributed by atoms with Crippen LogP contribution in [-0.4, -0.2) is 18.0 Å². The summed E-state index contributed by atoms with van der Waals surface area (Å²) in [5.74, 6) is 1.49. The van der Waals surface area contributed by atoms with Gasteiger partial charge in [0.2, 0.25) is 0 Å². The molecule has 33 heavy (non-hydrogen) atoms. The van der Waals surface area contributed by atoms with E-state index in [1.807, 2.05) is 37.3 Å². The van der Waals surface area contributed by atoms with Gasteiger partial charge in [0.15, 0.2) is 6.29 Å². The number of nitrogens with two attached hydrogens (primary N) is 1. The molecule has 4 rings (SSSR count). The van der Waals surface area contributed by atoms with Gasteiger partial charge in [0, 0.05) is 24.0 Å². The van der Waals surface area contributed by atoms with Crippen molar-refractivity contribution < 1.29 is 19.0 Å².